The highest BCUT2D eigenvalue weighted by Crippen LogP contribution is 2.42. The molecule has 4 nitrogen and oxygen atoms in total. The monoisotopic (exact) mass is 492 g/mol. The molecule has 0 fully saturated rings. The van der Waals surface area contributed by atoms with E-state index in [0.29, 0.717) is 42.4 Å². The van der Waals surface area contributed by atoms with Gasteiger partial charge in [0.25, 0.3) is 0 Å². The van der Waals surface area contributed by atoms with Crippen molar-refractivity contribution in [1.29, 1.82) is 0 Å². The summed E-state index contributed by atoms with van der Waals surface area (Å²) in [7, 11) is 0. The highest BCUT2D eigenvalue weighted by Gasteiger charge is 2.18. The van der Waals surface area contributed by atoms with E-state index < -0.39 is 0 Å². The van der Waals surface area contributed by atoms with Crippen molar-refractivity contribution >= 4 is 23.2 Å². The van der Waals surface area contributed by atoms with Gasteiger partial charge in [-0.1, -0.05) is 41.4 Å². The van der Waals surface area contributed by atoms with Crippen LogP contribution >= 0.6 is 23.2 Å². The SMILES string of the molecule is Oc1cc2c(cc1Cl)-c1ccc(cc1O)CCc1ccc(O)c(c1)-c1cc(cc(Cl)c1O)CC2. The van der Waals surface area contributed by atoms with E-state index in [1.807, 2.05) is 30.3 Å². The first-order chi connectivity index (χ1) is 16.3. The molecule has 172 valence electrons. The van der Waals surface area contributed by atoms with Crippen LogP contribution in [0.3, 0.4) is 0 Å². The molecule has 6 rings (SSSR count). The van der Waals surface area contributed by atoms with E-state index in [2.05, 4.69) is 0 Å². The maximum absolute atomic E-state index is 10.8. The maximum atomic E-state index is 10.8. The molecule has 4 N–H and O–H groups in total. The minimum atomic E-state index is -0.0800. The van der Waals surface area contributed by atoms with Crippen molar-refractivity contribution in [1.82, 2.24) is 0 Å². The Balaban J connectivity index is 1.71. The summed E-state index contributed by atoms with van der Waals surface area (Å²) in [6.07, 6.45) is 2.42. The van der Waals surface area contributed by atoms with Crippen molar-refractivity contribution in [2.75, 3.05) is 0 Å². The highest BCUT2D eigenvalue weighted by molar-refractivity contribution is 6.32. The molecule has 4 aromatic carbocycles. The molecule has 0 radical (unpaired) electrons. The third-order valence-electron chi connectivity index (χ3n) is 6.38. The van der Waals surface area contributed by atoms with Gasteiger partial charge in [0.2, 0.25) is 0 Å². The molecular weight excluding hydrogens is 471 g/mol. The standard InChI is InChI=1S/C28H22Cl2O4/c29-23-14-20-18(13-27(23)33)6-3-17-10-22(28(34)24(30)11-17)21-9-15(5-8-25(21)31)1-2-16-4-7-19(20)26(32)12-16/h4-5,7-14,31-34H,1-3,6H2. The van der Waals surface area contributed by atoms with Gasteiger partial charge in [-0.2, -0.15) is 0 Å². The van der Waals surface area contributed by atoms with E-state index in [0.717, 1.165) is 27.8 Å². The van der Waals surface area contributed by atoms with Crippen LogP contribution in [0.4, 0.5) is 0 Å². The Bertz CT molecular complexity index is 1430. The Labute approximate surface area is 207 Å². The van der Waals surface area contributed by atoms with Gasteiger partial charge in [-0.25, -0.2) is 0 Å². The number of hydrogen-bond donors (Lipinski definition) is 4. The number of fused-ring (bicyclic) bond motifs is 4. The first kappa shape index (κ1) is 22.5. The summed E-state index contributed by atoms with van der Waals surface area (Å²) in [6.45, 7) is 0. The summed E-state index contributed by atoms with van der Waals surface area (Å²) in [6, 6.07) is 17.7. The molecule has 0 spiro atoms. The predicted octanol–water partition coefficient (Wildman–Crippen LogP) is 7.03. The third-order valence-corrected chi connectivity index (χ3v) is 6.98. The van der Waals surface area contributed by atoms with Crippen molar-refractivity contribution in [2.45, 2.75) is 25.7 Å². The molecule has 2 aliphatic carbocycles. The molecule has 0 unspecified atom stereocenters. The topological polar surface area (TPSA) is 80.9 Å². The summed E-state index contributed by atoms with van der Waals surface area (Å²) in [5.74, 6) is 0.0925. The fourth-order valence-corrected chi connectivity index (χ4v) is 4.96. The fraction of sp³-hybridized carbons (Fsp3) is 0.143. The third kappa shape index (κ3) is 4.15. The molecule has 0 heterocycles. The molecule has 0 saturated heterocycles. The second-order valence-corrected chi connectivity index (χ2v) is 9.45. The lowest BCUT2D eigenvalue weighted by Gasteiger charge is -2.16. The number of phenols is 4. The van der Waals surface area contributed by atoms with Crippen molar-refractivity contribution in [2.24, 2.45) is 0 Å². The van der Waals surface area contributed by atoms with Crippen LogP contribution in [0, 0.1) is 0 Å². The van der Waals surface area contributed by atoms with E-state index >= 15 is 0 Å². The first-order valence-corrected chi connectivity index (χ1v) is 11.7. The average Bonchev–Trinajstić information content (AvgIpc) is 2.81. The summed E-state index contributed by atoms with van der Waals surface area (Å²) >= 11 is 12.6. The van der Waals surface area contributed by atoms with Crippen LogP contribution in [0.15, 0.2) is 60.7 Å². The largest absolute Gasteiger partial charge is 0.507 e. The lowest BCUT2D eigenvalue weighted by atomic mass is 9.91. The number of aryl methyl sites for hydroxylation is 4. The van der Waals surface area contributed by atoms with Crippen LogP contribution in [0.25, 0.3) is 22.3 Å². The van der Waals surface area contributed by atoms with Gasteiger partial charge in [0.1, 0.15) is 23.0 Å². The molecule has 0 atom stereocenters. The van der Waals surface area contributed by atoms with Gasteiger partial charge in [-0.05, 0) is 96.0 Å². The van der Waals surface area contributed by atoms with E-state index in [9.17, 15) is 20.4 Å². The molecule has 0 aromatic heterocycles. The molecule has 0 amide bonds. The molecular formula is C28H22Cl2O4. The quantitative estimate of drug-likeness (QED) is 0.212. The molecule has 6 heteroatoms. The number of halogens is 2. The molecule has 2 aliphatic rings. The Hall–Kier alpha value is -3.34. The molecule has 4 aromatic rings. The normalized spacial score (nSPS) is 13.0. The summed E-state index contributed by atoms with van der Waals surface area (Å²) < 4.78 is 0. The second-order valence-electron chi connectivity index (χ2n) is 8.64. The Morgan fingerprint density at radius 1 is 0.471 bits per heavy atom. The van der Waals surface area contributed by atoms with Crippen LogP contribution in [0.2, 0.25) is 10.0 Å². The number of hydrogen-bond acceptors (Lipinski definition) is 4. The minimum Gasteiger partial charge on any atom is -0.507 e. The number of aromatic hydroxyl groups is 4. The van der Waals surface area contributed by atoms with Crippen LogP contribution in [-0.2, 0) is 25.7 Å². The summed E-state index contributed by atoms with van der Waals surface area (Å²) in [5, 5.41) is 42.7. The lowest BCUT2D eigenvalue weighted by molar-refractivity contribution is 0.469. The van der Waals surface area contributed by atoms with Gasteiger partial charge >= 0.3 is 0 Å². The zero-order valence-electron chi connectivity index (χ0n) is 18.1. The summed E-state index contributed by atoms with van der Waals surface area (Å²) in [5.41, 5.74) is 5.97. The zero-order chi connectivity index (χ0) is 24.0. The van der Waals surface area contributed by atoms with Gasteiger partial charge in [-0.15, -0.1) is 0 Å². The van der Waals surface area contributed by atoms with Gasteiger partial charge in [-0.3, -0.25) is 0 Å². The van der Waals surface area contributed by atoms with Crippen molar-refractivity contribution < 1.29 is 20.4 Å². The Morgan fingerprint density at radius 2 is 1.15 bits per heavy atom. The Morgan fingerprint density at radius 3 is 1.91 bits per heavy atom. The highest BCUT2D eigenvalue weighted by atomic mass is 35.5. The summed E-state index contributed by atoms with van der Waals surface area (Å²) in [4.78, 5) is 0. The molecule has 0 saturated carbocycles. The lowest BCUT2D eigenvalue weighted by Crippen LogP contribution is -1.98. The number of benzene rings is 4. The van der Waals surface area contributed by atoms with E-state index in [1.54, 1.807) is 30.3 Å². The zero-order valence-corrected chi connectivity index (χ0v) is 19.7. The van der Waals surface area contributed by atoms with Crippen LogP contribution < -0.4 is 0 Å². The van der Waals surface area contributed by atoms with Gasteiger partial charge < -0.3 is 20.4 Å². The minimum absolute atomic E-state index is 0.0305. The second kappa shape index (κ2) is 8.79. The smallest absolute Gasteiger partial charge is 0.142 e. The van der Waals surface area contributed by atoms with E-state index in [4.69, 9.17) is 23.2 Å². The molecule has 0 aliphatic heterocycles. The average molecular weight is 493 g/mol. The van der Waals surface area contributed by atoms with Crippen molar-refractivity contribution in [3.8, 4) is 45.3 Å². The van der Waals surface area contributed by atoms with Crippen LogP contribution in [0.1, 0.15) is 22.3 Å². The van der Waals surface area contributed by atoms with Gasteiger partial charge in [0.05, 0.1) is 10.0 Å². The molecule has 6 bridgehead atoms. The predicted molar refractivity (Wildman–Crippen MR) is 135 cm³/mol. The number of rotatable bonds is 0. The Kier molecular flexibility index (Phi) is 5.80. The van der Waals surface area contributed by atoms with Crippen LogP contribution in [-0.4, -0.2) is 20.4 Å². The van der Waals surface area contributed by atoms with Crippen molar-refractivity contribution in [3.63, 3.8) is 0 Å². The fourth-order valence-electron chi connectivity index (χ4n) is 4.55. The van der Waals surface area contributed by atoms with Gasteiger partial charge in [0, 0.05) is 16.7 Å². The maximum Gasteiger partial charge on any atom is 0.142 e. The number of phenolic OH excluding ortho intramolecular Hbond substituents is 4. The van der Waals surface area contributed by atoms with E-state index in [1.165, 1.54) is 0 Å². The van der Waals surface area contributed by atoms with Crippen molar-refractivity contribution in [3.05, 3.63) is 93.0 Å². The first-order valence-electron chi connectivity index (χ1n) is 11.0. The van der Waals surface area contributed by atoms with Crippen LogP contribution in [0.5, 0.6) is 23.0 Å². The molecule has 34 heavy (non-hydrogen) atoms. The van der Waals surface area contributed by atoms with Gasteiger partial charge in [0.15, 0.2) is 0 Å². The van der Waals surface area contributed by atoms with E-state index in [-0.39, 0.29) is 33.0 Å².